The monoisotopic (exact) mass is 278 g/mol. The highest BCUT2D eigenvalue weighted by molar-refractivity contribution is 6.30. The van der Waals surface area contributed by atoms with Crippen molar-refractivity contribution in [2.45, 2.75) is 19.4 Å². The molecule has 1 unspecified atom stereocenters. The molecular weight excluding hydrogens is 260 g/mol. The molecule has 5 heteroatoms. The van der Waals surface area contributed by atoms with Crippen LogP contribution in [-0.4, -0.2) is 16.3 Å². The van der Waals surface area contributed by atoms with Gasteiger partial charge in [-0.15, -0.1) is 0 Å². The summed E-state index contributed by atoms with van der Waals surface area (Å²) in [7, 11) is 1.93. The molecule has 0 saturated carbocycles. The van der Waals surface area contributed by atoms with Gasteiger partial charge in [-0.05, 0) is 24.6 Å². The van der Waals surface area contributed by atoms with Crippen molar-refractivity contribution in [2.24, 2.45) is 12.8 Å². The Balaban J connectivity index is 2.24. The minimum atomic E-state index is 0.0436. The zero-order valence-corrected chi connectivity index (χ0v) is 12.0. The Morgan fingerprint density at radius 1 is 1.47 bits per heavy atom. The van der Waals surface area contributed by atoms with Gasteiger partial charge < -0.3 is 11.1 Å². The molecule has 1 atom stereocenters. The number of nitrogens with one attached hydrogen (secondary N) is 1. The molecule has 0 aliphatic heterocycles. The van der Waals surface area contributed by atoms with Crippen LogP contribution >= 0.6 is 11.6 Å². The van der Waals surface area contributed by atoms with E-state index in [1.807, 2.05) is 42.2 Å². The maximum absolute atomic E-state index is 5.99. The average Bonchev–Trinajstić information content (AvgIpc) is 2.77. The minimum absolute atomic E-state index is 0.0436. The van der Waals surface area contributed by atoms with E-state index >= 15 is 0 Å². The summed E-state index contributed by atoms with van der Waals surface area (Å²) in [6.45, 7) is 2.60. The molecule has 0 fully saturated rings. The van der Waals surface area contributed by atoms with E-state index < -0.39 is 0 Å². The molecule has 0 amide bonds. The molecule has 0 aliphatic rings. The fourth-order valence-electron chi connectivity index (χ4n) is 2.16. The van der Waals surface area contributed by atoms with Crippen molar-refractivity contribution in [3.8, 4) is 0 Å². The zero-order chi connectivity index (χ0) is 13.8. The number of benzene rings is 1. The van der Waals surface area contributed by atoms with Crippen LogP contribution in [0.5, 0.6) is 0 Å². The quantitative estimate of drug-likeness (QED) is 0.884. The number of rotatable bonds is 5. The van der Waals surface area contributed by atoms with Crippen LogP contribution in [0.3, 0.4) is 0 Å². The Morgan fingerprint density at radius 3 is 2.89 bits per heavy atom. The highest BCUT2D eigenvalue weighted by atomic mass is 35.5. The van der Waals surface area contributed by atoms with Gasteiger partial charge in [-0.25, -0.2) is 0 Å². The van der Waals surface area contributed by atoms with Gasteiger partial charge in [0, 0.05) is 36.1 Å². The molecule has 0 aliphatic carbocycles. The highest BCUT2D eigenvalue weighted by Gasteiger charge is 2.16. The van der Waals surface area contributed by atoms with Gasteiger partial charge in [0.25, 0.3) is 0 Å². The lowest BCUT2D eigenvalue weighted by Crippen LogP contribution is -2.21. The van der Waals surface area contributed by atoms with Gasteiger partial charge >= 0.3 is 0 Å². The Bertz CT molecular complexity index is 550. The van der Waals surface area contributed by atoms with Gasteiger partial charge in [-0.1, -0.05) is 24.6 Å². The number of hydrogen-bond acceptors (Lipinski definition) is 3. The second kappa shape index (κ2) is 6.08. The molecule has 1 aromatic heterocycles. The molecule has 1 heterocycles. The van der Waals surface area contributed by atoms with Crippen molar-refractivity contribution >= 4 is 17.3 Å². The zero-order valence-electron chi connectivity index (χ0n) is 11.2. The standard InChI is InChI=1S/C14H19ClN4/c1-3-13-12(9-19(2)18-13)14(8-16)17-11-6-4-5-10(15)7-11/h4-7,9,14,17H,3,8,16H2,1-2H3. The van der Waals surface area contributed by atoms with Crippen molar-refractivity contribution in [2.75, 3.05) is 11.9 Å². The first kappa shape index (κ1) is 13.9. The van der Waals surface area contributed by atoms with E-state index in [1.54, 1.807) is 0 Å². The number of aromatic nitrogens is 2. The number of nitrogens with two attached hydrogens (primary N) is 1. The third kappa shape index (κ3) is 3.28. The second-order valence-corrected chi connectivity index (χ2v) is 4.94. The Morgan fingerprint density at radius 2 is 2.26 bits per heavy atom. The molecular formula is C14H19ClN4. The third-order valence-electron chi connectivity index (χ3n) is 3.05. The molecule has 0 bridgehead atoms. The molecule has 0 spiro atoms. The molecule has 2 rings (SSSR count). The number of halogens is 1. The largest absolute Gasteiger partial charge is 0.377 e. The van der Waals surface area contributed by atoms with Crippen LogP contribution in [0, 0.1) is 0 Å². The molecule has 3 N–H and O–H groups in total. The van der Waals surface area contributed by atoms with E-state index in [4.69, 9.17) is 17.3 Å². The molecule has 2 aromatic rings. The van der Waals surface area contributed by atoms with Crippen LogP contribution in [0.1, 0.15) is 24.2 Å². The fourth-order valence-corrected chi connectivity index (χ4v) is 2.35. The topological polar surface area (TPSA) is 55.9 Å². The Hall–Kier alpha value is -1.52. The predicted octanol–water partition coefficient (Wildman–Crippen LogP) is 2.75. The summed E-state index contributed by atoms with van der Waals surface area (Å²) >= 11 is 5.99. The Labute approximate surface area is 118 Å². The summed E-state index contributed by atoms with van der Waals surface area (Å²) in [6, 6.07) is 7.69. The van der Waals surface area contributed by atoms with Gasteiger partial charge in [0.1, 0.15) is 0 Å². The van der Waals surface area contributed by atoms with Gasteiger partial charge in [-0.3, -0.25) is 4.68 Å². The Kier molecular flexibility index (Phi) is 4.45. The lowest BCUT2D eigenvalue weighted by Gasteiger charge is -2.18. The van der Waals surface area contributed by atoms with E-state index in [-0.39, 0.29) is 6.04 Å². The number of aryl methyl sites for hydroxylation is 2. The van der Waals surface area contributed by atoms with Crippen LogP contribution in [0.25, 0.3) is 0 Å². The summed E-state index contributed by atoms with van der Waals surface area (Å²) in [5, 5.41) is 8.57. The van der Waals surface area contributed by atoms with E-state index in [1.165, 1.54) is 0 Å². The molecule has 1 aromatic carbocycles. The first-order chi connectivity index (χ1) is 9.13. The molecule has 0 radical (unpaired) electrons. The summed E-state index contributed by atoms with van der Waals surface area (Å²) in [6.07, 6.45) is 2.91. The van der Waals surface area contributed by atoms with E-state index in [9.17, 15) is 0 Å². The molecule has 19 heavy (non-hydrogen) atoms. The summed E-state index contributed by atoms with van der Waals surface area (Å²) in [5.74, 6) is 0. The summed E-state index contributed by atoms with van der Waals surface area (Å²) < 4.78 is 1.83. The van der Waals surface area contributed by atoms with Crippen LogP contribution in [0.15, 0.2) is 30.5 Å². The van der Waals surface area contributed by atoms with Crippen molar-refractivity contribution in [1.82, 2.24) is 9.78 Å². The SMILES string of the molecule is CCc1nn(C)cc1C(CN)Nc1cccc(Cl)c1. The average molecular weight is 279 g/mol. The predicted molar refractivity (Wildman–Crippen MR) is 79.5 cm³/mol. The van der Waals surface area contributed by atoms with Crippen LogP contribution < -0.4 is 11.1 Å². The second-order valence-electron chi connectivity index (χ2n) is 4.50. The van der Waals surface area contributed by atoms with Gasteiger partial charge in [0.05, 0.1) is 11.7 Å². The maximum atomic E-state index is 5.99. The molecule has 4 nitrogen and oxygen atoms in total. The van der Waals surface area contributed by atoms with E-state index in [0.717, 1.165) is 23.4 Å². The van der Waals surface area contributed by atoms with Crippen LogP contribution in [0.4, 0.5) is 5.69 Å². The van der Waals surface area contributed by atoms with E-state index in [2.05, 4.69) is 17.3 Å². The molecule has 102 valence electrons. The lowest BCUT2D eigenvalue weighted by molar-refractivity contribution is 0.746. The van der Waals surface area contributed by atoms with Gasteiger partial charge in [0.15, 0.2) is 0 Å². The smallest absolute Gasteiger partial charge is 0.0674 e. The first-order valence-electron chi connectivity index (χ1n) is 6.38. The summed E-state index contributed by atoms with van der Waals surface area (Å²) in [5.41, 5.74) is 9.08. The van der Waals surface area contributed by atoms with Gasteiger partial charge in [0.2, 0.25) is 0 Å². The van der Waals surface area contributed by atoms with Crippen LogP contribution in [-0.2, 0) is 13.5 Å². The normalized spacial score (nSPS) is 12.4. The minimum Gasteiger partial charge on any atom is -0.377 e. The fraction of sp³-hybridized carbons (Fsp3) is 0.357. The highest BCUT2D eigenvalue weighted by Crippen LogP contribution is 2.23. The number of anilines is 1. The third-order valence-corrected chi connectivity index (χ3v) is 3.28. The number of nitrogens with zero attached hydrogens (tertiary/aromatic N) is 2. The summed E-state index contributed by atoms with van der Waals surface area (Å²) in [4.78, 5) is 0. The van der Waals surface area contributed by atoms with Crippen molar-refractivity contribution in [3.05, 3.63) is 46.7 Å². The van der Waals surface area contributed by atoms with Crippen LogP contribution in [0.2, 0.25) is 5.02 Å². The van der Waals surface area contributed by atoms with Crippen molar-refractivity contribution in [3.63, 3.8) is 0 Å². The lowest BCUT2D eigenvalue weighted by atomic mass is 10.1. The molecule has 0 saturated heterocycles. The first-order valence-corrected chi connectivity index (χ1v) is 6.76. The maximum Gasteiger partial charge on any atom is 0.0674 e. The van der Waals surface area contributed by atoms with Crippen molar-refractivity contribution in [1.29, 1.82) is 0 Å². The van der Waals surface area contributed by atoms with Gasteiger partial charge in [-0.2, -0.15) is 5.10 Å². The number of hydrogen-bond donors (Lipinski definition) is 2. The van der Waals surface area contributed by atoms with E-state index in [0.29, 0.717) is 11.6 Å². The van der Waals surface area contributed by atoms with Crippen molar-refractivity contribution < 1.29 is 0 Å².